The van der Waals surface area contributed by atoms with E-state index in [0.717, 1.165) is 16.7 Å². The van der Waals surface area contributed by atoms with Crippen LogP contribution in [0, 0.1) is 4.77 Å². The van der Waals surface area contributed by atoms with Gasteiger partial charge < -0.3 is 14.1 Å². The van der Waals surface area contributed by atoms with Crippen molar-refractivity contribution in [3.63, 3.8) is 0 Å². The van der Waals surface area contributed by atoms with Crippen molar-refractivity contribution in [3.8, 4) is 0 Å². The van der Waals surface area contributed by atoms with Crippen molar-refractivity contribution in [2.24, 2.45) is 0 Å². The van der Waals surface area contributed by atoms with Gasteiger partial charge in [0, 0.05) is 6.07 Å². The van der Waals surface area contributed by atoms with Crippen molar-refractivity contribution < 1.29 is 4.52 Å². The molecule has 0 unspecified atom stereocenters. The molecule has 5 heteroatoms. The predicted octanol–water partition coefficient (Wildman–Crippen LogP) is 2.74. The van der Waals surface area contributed by atoms with Crippen LogP contribution in [0.5, 0.6) is 0 Å². The molecule has 4 nitrogen and oxygen atoms in total. The first-order valence-corrected chi connectivity index (χ1v) is 5.32. The fourth-order valence-corrected chi connectivity index (χ4v) is 2.02. The molecular weight excluding hydrogens is 222 g/mol. The Kier molecular flexibility index (Phi) is 2.11. The number of benzene rings is 1. The first-order chi connectivity index (χ1) is 7.84. The molecule has 0 aliphatic rings. The van der Waals surface area contributed by atoms with Crippen LogP contribution in [0.25, 0.3) is 11.0 Å². The molecule has 2 aromatic heterocycles. The van der Waals surface area contributed by atoms with Crippen molar-refractivity contribution in [1.82, 2.24) is 14.7 Å². The molecule has 0 aliphatic carbocycles. The summed E-state index contributed by atoms with van der Waals surface area (Å²) in [5.74, 6) is 0. The highest BCUT2D eigenvalue weighted by molar-refractivity contribution is 7.71. The molecule has 1 N–H and O–H groups in total. The van der Waals surface area contributed by atoms with Crippen LogP contribution in [0.3, 0.4) is 0 Å². The van der Waals surface area contributed by atoms with E-state index in [-0.39, 0.29) is 0 Å². The number of nitrogens with one attached hydrogen (secondary N) is 1. The highest BCUT2D eigenvalue weighted by atomic mass is 32.1. The lowest BCUT2D eigenvalue weighted by atomic mass is 10.3. The van der Waals surface area contributed by atoms with Crippen LogP contribution in [0.1, 0.15) is 5.69 Å². The van der Waals surface area contributed by atoms with E-state index in [0.29, 0.717) is 11.3 Å². The van der Waals surface area contributed by atoms with Gasteiger partial charge in [0.05, 0.1) is 17.6 Å². The van der Waals surface area contributed by atoms with Crippen LogP contribution in [0.4, 0.5) is 0 Å². The van der Waals surface area contributed by atoms with Crippen molar-refractivity contribution >= 4 is 23.3 Å². The Morgan fingerprint density at radius 1 is 1.31 bits per heavy atom. The molecule has 0 spiro atoms. The Labute approximate surface area is 96.5 Å². The minimum atomic E-state index is 0.624. The van der Waals surface area contributed by atoms with Crippen LogP contribution in [0.2, 0.25) is 0 Å². The van der Waals surface area contributed by atoms with Gasteiger partial charge in [0.2, 0.25) is 0 Å². The van der Waals surface area contributed by atoms with Gasteiger partial charge in [-0.1, -0.05) is 17.3 Å². The summed E-state index contributed by atoms with van der Waals surface area (Å²) in [6, 6.07) is 9.84. The van der Waals surface area contributed by atoms with Gasteiger partial charge in [-0.2, -0.15) is 0 Å². The average molecular weight is 231 g/mol. The number of para-hydroxylation sites is 2. The van der Waals surface area contributed by atoms with E-state index < -0.39 is 0 Å². The largest absolute Gasteiger partial charge is 0.364 e. The topological polar surface area (TPSA) is 46.8 Å². The quantitative estimate of drug-likeness (QED) is 0.690. The van der Waals surface area contributed by atoms with Gasteiger partial charge in [-0.05, 0) is 24.4 Å². The molecule has 0 atom stereocenters. The molecule has 3 aromatic rings. The van der Waals surface area contributed by atoms with E-state index in [2.05, 4.69) is 10.1 Å². The highest BCUT2D eigenvalue weighted by Crippen LogP contribution is 2.14. The Morgan fingerprint density at radius 3 is 3.00 bits per heavy atom. The number of aromatic nitrogens is 3. The van der Waals surface area contributed by atoms with Crippen LogP contribution in [-0.4, -0.2) is 14.7 Å². The molecule has 1 aromatic carbocycles. The number of fused-ring (bicyclic) bond motifs is 1. The minimum Gasteiger partial charge on any atom is -0.364 e. The number of H-pyrrole nitrogens is 1. The maximum atomic E-state index is 5.28. The lowest BCUT2D eigenvalue weighted by molar-refractivity contribution is 0.410. The third-order valence-corrected chi connectivity index (χ3v) is 2.82. The Morgan fingerprint density at radius 2 is 2.19 bits per heavy atom. The van der Waals surface area contributed by atoms with Crippen molar-refractivity contribution in [3.05, 3.63) is 47.1 Å². The second-order valence-corrected chi connectivity index (χ2v) is 3.91. The summed E-state index contributed by atoms with van der Waals surface area (Å²) in [4.78, 5) is 3.16. The van der Waals surface area contributed by atoms with Crippen molar-refractivity contribution in [2.75, 3.05) is 0 Å². The normalized spacial score (nSPS) is 11.0. The Balaban J connectivity index is 2.16. The Hall–Kier alpha value is -1.88. The van der Waals surface area contributed by atoms with Gasteiger partial charge in [0.1, 0.15) is 12.0 Å². The molecule has 0 bridgehead atoms. The molecule has 0 aliphatic heterocycles. The molecule has 2 heterocycles. The standard InChI is InChI=1S/C11H9N3OS/c16-11-12-9-3-1-2-4-10(9)14(11)7-8-5-6-15-13-8/h1-6H,7H2,(H,12,16). The van der Waals surface area contributed by atoms with Gasteiger partial charge in [0.15, 0.2) is 4.77 Å². The molecule has 0 saturated heterocycles. The summed E-state index contributed by atoms with van der Waals surface area (Å²) >= 11 is 5.28. The molecular formula is C11H9N3OS. The second-order valence-electron chi connectivity index (χ2n) is 3.52. The number of hydrogen-bond acceptors (Lipinski definition) is 3. The van der Waals surface area contributed by atoms with Crippen LogP contribution >= 0.6 is 12.2 Å². The van der Waals surface area contributed by atoms with Gasteiger partial charge in [0.25, 0.3) is 0 Å². The second kappa shape index (κ2) is 3.61. The molecule has 0 saturated carbocycles. The molecule has 80 valence electrons. The van der Waals surface area contributed by atoms with E-state index in [1.54, 1.807) is 6.26 Å². The van der Waals surface area contributed by atoms with Crippen molar-refractivity contribution in [1.29, 1.82) is 0 Å². The molecule has 0 amide bonds. The monoisotopic (exact) mass is 231 g/mol. The SMILES string of the molecule is S=c1[nH]c2ccccc2n1Cc1ccon1. The molecule has 3 rings (SSSR count). The maximum Gasteiger partial charge on any atom is 0.178 e. The van der Waals surface area contributed by atoms with Gasteiger partial charge in [-0.3, -0.25) is 0 Å². The average Bonchev–Trinajstić information content (AvgIpc) is 2.89. The van der Waals surface area contributed by atoms with E-state index in [9.17, 15) is 0 Å². The molecule has 0 radical (unpaired) electrons. The summed E-state index contributed by atoms with van der Waals surface area (Å²) in [6.07, 6.45) is 1.56. The van der Waals surface area contributed by atoms with Crippen molar-refractivity contribution in [2.45, 2.75) is 6.54 Å². The number of aromatic amines is 1. The van der Waals surface area contributed by atoms with E-state index in [4.69, 9.17) is 16.7 Å². The Bertz CT molecular complexity index is 666. The lowest BCUT2D eigenvalue weighted by Crippen LogP contribution is -1.99. The van der Waals surface area contributed by atoms with Crippen LogP contribution in [-0.2, 0) is 6.54 Å². The van der Waals surface area contributed by atoms with E-state index in [1.165, 1.54) is 0 Å². The van der Waals surface area contributed by atoms with Gasteiger partial charge in [-0.15, -0.1) is 0 Å². The van der Waals surface area contributed by atoms with E-state index >= 15 is 0 Å². The molecule has 16 heavy (non-hydrogen) atoms. The highest BCUT2D eigenvalue weighted by Gasteiger charge is 2.05. The van der Waals surface area contributed by atoms with Gasteiger partial charge >= 0.3 is 0 Å². The zero-order valence-corrected chi connectivity index (χ0v) is 9.20. The zero-order chi connectivity index (χ0) is 11.0. The number of hydrogen-bond donors (Lipinski definition) is 1. The summed E-state index contributed by atoms with van der Waals surface area (Å²) < 4.78 is 7.51. The summed E-state index contributed by atoms with van der Waals surface area (Å²) in [5.41, 5.74) is 2.98. The zero-order valence-electron chi connectivity index (χ0n) is 8.38. The fourth-order valence-electron chi connectivity index (χ4n) is 1.74. The smallest absolute Gasteiger partial charge is 0.178 e. The van der Waals surface area contributed by atoms with Crippen LogP contribution in [0.15, 0.2) is 41.1 Å². The third kappa shape index (κ3) is 1.45. The van der Waals surface area contributed by atoms with Gasteiger partial charge in [-0.25, -0.2) is 0 Å². The minimum absolute atomic E-state index is 0.624. The summed E-state index contributed by atoms with van der Waals surface area (Å²) in [5, 5.41) is 3.88. The number of rotatable bonds is 2. The van der Waals surface area contributed by atoms with Crippen LogP contribution < -0.4 is 0 Å². The third-order valence-electron chi connectivity index (χ3n) is 2.49. The summed E-state index contributed by atoms with van der Waals surface area (Å²) in [7, 11) is 0. The summed E-state index contributed by atoms with van der Waals surface area (Å²) in [6.45, 7) is 0.624. The first kappa shape index (κ1) is 9.35. The first-order valence-electron chi connectivity index (χ1n) is 4.91. The molecule has 0 fully saturated rings. The van der Waals surface area contributed by atoms with E-state index in [1.807, 2.05) is 34.9 Å². The fraction of sp³-hybridized carbons (Fsp3) is 0.0909. The number of nitrogens with zero attached hydrogens (tertiary/aromatic N) is 2. The number of imidazole rings is 1. The lowest BCUT2D eigenvalue weighted by Gasteiger charge is -2.00. The predicted molar refractivity (Wildman–Crippen MR) is 62.7 cm³/mol. The maximum absolute atomic E-state index is 5.28.